The molecule has 10 aromatic rings. The molecule has 0 saturated carbocycles. The highest BCUT2D eigenvalue weighted by Crippen LogP contribution is 2.53. The van der Waals surface area contributed by atoms with Gasteiger partial charge in [-0.05, 0) is 181 Å². The summed E-state index contributed by atoms with van der Waals surface area (Å²) in [6, 6.07) is 54.7. The molecule has 2 aromatic heterocycles. The van der Waals surface area contributed by atoms with Crippen LogP contribution in [0.2, 0.25) is 0 Å². The number of benzene rings is 8. The maximum Gasteiger partial charge on any atom is 0.198 e. The monoisotopic (exact) mass is 969 g/mol. The first-order chi connectivity index (χ1) is 34.7. The van der Waals surface area contributed by atoms with Gasteiger partial charge in [-0.25, -0.2) is 0 Å². The van der Waals surface area contributed by atoms with E-state index >= 15 is 0 Å². The second-order valence-corrected chi connectivity index (χ2v) is 27.1. The van der Waals surface area contributed by atoms with E-state index in [4.69, 9.17) is 0 Å². The van der Waals surface area contributed by atoms with Gasteiger partial charge in [-0.2, -0.15) is 0 Å². The number of aryl methyl sites for hydroxylation is 1. The molecule has 0 fully saturated rings. The number of hydrogen-bond donors (Lipinski definition) is 1. The van der Waals surface area contributed by atoms with Crippen molar-refractivity contribution in [3.63, 3.8) is 0 Å². The van der Waals surface area contributed by atoms with Crippen LogP contribution < -0.4 is 16.2 Å². The fourth-order valence-electron chi connectivity index (χ4n) is 13.5. The second-order valence-electron chi connectivity index (χ2n) is 26.0. The minimum absolute atomic E-state index is 0.0576. The molecule has 1 N–H and O–H groups in total. The van der Waals surface area contributed by atoms with Gasteiger partial charge < -0.3 is 9.88 Å². The zero-order valence-electron chi connectivity index (χ0n) is 45.2. The van der Waals surface area contributed by atoms with Crippen LogP contribution in [0, 0.1) is 6.92 Å². The summed E-state index contributed by atoms with van der Waals surface area (Å²) < 4.78 is 5.41. The van der Waals surface area contributed by atoms with Gasteiger partial charge in [0.1, 0.15) is 0 Å². The molecular weight excluding hydrogens is 900 g/mol. The Kier molecular flexibility index (Phi) is 10.1. The van der Waals surface area contributed by atoms with Crippen LogP contribution in [-0.2, 0) is 27.1 Å². The molecule has 0 amide bonds. The second kappa shape index (κ2) is 15.8. The quantitative estimate of drug-likeness (QED) is 0.170. The molecule has 0 atom stereocenters. The van der Waals surface area contributed by atoms with Crippen LogP contribution in [0.5, 0.6) is 0 Å². The van der Waals surface area contributed by atoms with Crippen LogP contribution in [0.1, 0.15) is 135 Å². The Balaban J connectivity index is 1.18. The normalized spacial score (nSPS) is 17.1. The summed E-state index contributed by atoms with van der Waals surface area (Å²) in [7, 11) is 0.845. The Hall–Kier alpha value is -6.36. The van der Waals surface area contributed by atoms with Gasteiger partial charge in [0.2, 0.25) is 0 Å². The molecule has 73 heavy (non-hydrogen) atoms. The third-order valence-corrected chi connectivity index (χ3v) is 19.3. The molecule has 13 rings (SSSR count). The number of fused-ring (bicyclic) bond motifs is 10. The highest BCUT2D eigenvalue weighted by molar-refractivity contribution is 7.25. The number of anilines is 2. The van der Waals surface area contributed by atoms with E-state index in [-0.39, 0.29) is 27.1 Å². The molecule has 0 unspecified atom stereocenters. The van der Waals surface area contributed by atoms with E-state index in [0.29, 0.717) is 0 Å². The number of aromatic nitrogens is 1. The van der Waals surface area contributed by atoms with Crippen molar-refractivity contribution < 1.29 is 0 Å². The number of nitrogens with zero attached hydrogens (tertiary/aromatic N) is 1. The first kappa shape index (κ1) is 46.4. The Morgan fingerprint density at radius 2 is 1.10 bits per heavy atom. The maximum absolute atomic E-state index is 4.12. The zero-order valence-corrected chi connectivity index (χ0v) is 46.0. The Bertz CT molecular complexity index is 3940. The lowest BCUT2D eigenvalue weighted by molar-refractivity contribution is 0.332. The average Bonchev–Trinajstić information content (AvgIpc) is 3.89. The Morgan fingerprint density at radius 1 is 0.521 bits per heavy atom. The topological polar surface area (TPSA) is 17.0 Å². The molecule has 8 aromatic carbocycles. The SMILES string of the molecule is Cc1ccc2c(c1)Bc1c(-c3cc4sc5cc6c(cc5c4cc3Nc3ccc(C(C)(C)C)cc3)C(C)(C)CCC6(C)C)cc(-c3ccccc3-c3ccccc3)c3c4cc5c(cc4n-2c13)C(C)(C)CCC5(C)C. The minimum Gasteiger partial charge on any atom is -0.355 e. The maximum atomic E-state index is 4.12. The number of thiophene rings is 1. The third kappa shape index (κ3) is 7.24. The third-order valence-electron chi connectivity index (χ3n) is 18.2. The summed E-state index contributed by atoms with van der Waals surface area (Å²) in [5, 5.41) is 9.53. The fourth-order valence-corrected chi connectivity index (χ4v) is 14.6. The van der Waals surface area contributed by atoms with Crippen LogP contribution in [-0.4, -0.2) is 11.8 Å². The number of hydrogen-bond acceptors (Lipinski definition) is 2. The van der Waals surface area contributed by atoms with Gasteiger partial charge in [0.15, 0.2) is 7.28 Å². The predicted molar refractivity (Wildman–Crippen MR) is 320 cm³/mol. The van der Waals surface area contributed by atoms with Crippen molar-refractivity contribution in [3.8, 4) is 39.1 Å². The van der Waals surface area contributed by atoms with Crippen molar-refractivity contribution in [2.75, 3.05) is 5.32 Å². The highest BCUT2D eigenvalue weighted by Gasteiger charge is 2.40. The van der Waals surface area contributed by atoms with Crippen molar-refractivity contribution in [2.24, 2.45) is 0 Å². The summed E-state index contributed by atoms with van der Waals surface area (Å²) in [6.45, 7) is 28.9. The van der Waals surface area contributed by atoms with Crippen LogP contribution in [0.25, 0.3) is 81.0 Å². The molecule has 3 aliphatic rings. The molecule has 364 valence electrons. The zero-order chi connectivity index (χ0) is 50.7. The Labute approximate surface area is 438 Å². The first-order valence-corrected chi connectivity index (χ1v) is 27.9. The lowest BCUT2D eigenvalue weighted by atomic mass is 9.58. The summed E-state index contributed by atoms with van der Waals surface area (Å²) in [4.78, 5) is 0. The molecule has 2 aliphatic carbocycles. The standard InChI is InChI=1S/C69H69BN2S/c1-40-22-27-58-56(32-40)70-63-50(46-37-60-48(36-57(46)71-43-25-23-42(24-26-43)65(2,3)4)47-34-52-55(39-61(47)73-60)69(11,12)31-29-66(52,5)6)33-49(45-21-17-16-20-44(45)41-18-14-13-15-19-41)62-51-35-53-54(38-59(51)72(58)64(62)63)68(9,10)30-28-67(53,7)8/h13-27,32-39,70-71H,28-31H2,1-12H3. The van der Waals surface area contributed by atoms with Gasteiger partial charge in [0, 0.05) is 59.1 Å². The van der Waals surface area contributed by atoms with E-state index in [9.17, 15) is 0 Å². The molecule has 0 bridgehead atoms. The lowest BCUT2D eigenvalue weighted by Gasteiger charge is -2.42. The first-order valence-electron chi connectivity index (χ1n) is 27.0. The van der Waals surface area contributed by atoms with E-state index in [0.717, 1.165) is 18.7 Å². The fraction of sp³-hybridized carbons (Fsp3) is 0.304. The van der Waals surface area contributed by atoms with Crippen molar-refractivity contribution in [1.29, 1.82) is 0 Å². The van der Waals surface area contributed by atoms with Crippen molar-refractivity contribution in [2.45, 2.75) is 136 Å². The van der Waals surface area contributed by atoms with Gasteiger partial charge in [-0.15, -0.1) is 11.3 Å². The molecule has 1 aliphatic heterocycles. The van der Waals surface area contributed by atoms with E-state index in [2.05, 4.69) is 232 Å². The predicted octanol–water partition coefficient (Wildman–Crippen LogP) is 17.9. The number of nitrogens with one attached hydrogen (secondary N) is 1. The summed E-state index contributed by atoms with van der Waals surface area (Å²) in [6.07, 6.45) is 4.74. The molecule has 0 spiro atoms. The van der Waals surface area contributed by atoms with Crippen LogP contribution >= 0.6 is 11.3 Å². The largest absolute Gasteiger partial charge is 0.355 e. The van der Waals surface area contributed by atoms with Crippen molar-refractivity contribution in [3.05, 3.63) is 173 Å². The van der Waals surface area contributed by atoms with Gasteiger partial charge in [-0.3, -0.25) is 0 Å². The summed E-state index contributed by atoms with van der Waals surface area (Å²) in [5.41, 5.74) is 25.6. The van der Waals surface area contributed by atoms with Crippen LogP contribution in [0.3, 0.4) is 0 Å². The van der Waals surface area contributed by atoms with Gasteiger partial charge in [-0.1, -0.05) is 166 Å². The highest BCUT2D eigenvalue weighted by atomic mass is 32.1. The summed E-state index contributed by atoms with van der Waals surface area (Å²) in [5.74, 6) is 0. The number of rotatable bonds is 5. The lowest BCUT2D eigenvalue weighted by Crippen LogP contribution is -2.37. The van der Waals surface area contributed by atoms with Crippen LogP contribution in [0.4, 0.5) is 11.4 Å². The van der Waals surface area contributed by atoms with Crippen molar-refractivity contribution >= 4 is 82.9 Å². The van der Waals surface area contributed by atoms with E-state index in [1.807, 2.05) is 11.3 Å². The van der Waals surface area contributed by atoms with E-state index in [1.165, 1.54) is 151 Å². The minimum atomic E-state index is 0.0576. The van der Waals surface area contributed by atoms with Crippen LogP contribution in [0.15, 0.2) is 140 Å². The van der Waals surface area contributed by atoms with E-state index in [1.54, 1.807) is 0 Å². The molecule has 0 radical (unpaired) electrons. The molecule has 0 saturated heterocycles. The van der Waals surface area contributed by atoms with Crippen molar-refractivity contribution in [1.82, 2.24) is 4.57 Å². The summed E-state index contributed by atoms with van der Waals surface area (Å²) >= 11 is 1.97. The molecular formula is C69H69BN2S. The smallest absolute Gasteiger partial charge is 0.198 e. The van der Waals surface area contributed by atoms with Gasteiger partial charge in [0.25, 0.3) is 0 Å². The molecule has 4 heteroatoms. The Morgan fingerprint density at radius 3 is 1.75 bits per heavy atom. The average molecular weight is 969 g/mol. The molecule has 2 nitrogen and oxygen atoms in total. The van der Waals surface area contributed by atoms with Gasteiger partial charge in [0.05, 0.1) is 5.52 Å². The molecule has 3 heterocycles. The van der Waals surface area contributed by atoms with Gasteiger partial charge >= 0.3 is 0 Å². The van der Waals surface area contributed by atoms with E-state index < -0.39 is 0 Å².